The highest BCUT2D eigenvalue weighted by atomic mass is 16.5. The Bertz CT molecular complexity index is 1190. The number of hydrogen-bond donors (Lipinski definition) is 1. The van der Waals surface area contributed by atoms with E-state index in [1.807, 2.05) is 26.0 Å². The largest absolute Gasteiger partial charge is 0.507 e. The van der Waals surface area contributed by atoms with Crippen molar-refractivity contribution in [3.05, 3.63) is 65.2 Å². The van der Waals surface area contributed by atoms with Crippen molar-refractivity contribution in [2.24, 2.45) is 0 Å². The average Bonchev–Trinajstić information content (AvgIpc) is 3.27. The van der Waals surface area contributed by atoms with Gasteiger partial charge in [-0.05, 0) is 49.6 Å². The summed E-state index contributed by atoms with van der Waals surface area (Å²) in [6.07, 6.45) is 1.97. The third kappa shape index (κ3) is 3.95. The lowest BCUT2D eigenvalue weighted by Gasteiger charge is -2.34. The molecule has 2 amide bonds. The summed E-state index contributed by atoms with van der Waals surface area (Å²) in [5.74, 6) is -1.85. The lowest BCUT2D eigenvalue weighted by Crippen LogP contribution is -2.52. The summed E-state index contributed by atoms with van der Waals surface area (Å²) in [5.41, 5.74) is -0.466. The van der Waals surface area contributed by atoms with Gasteiger partial charge in [0.1, 0.15) is 11.5 Å². The number of anilines is 1. The quantitative estimate of drug-likeness (QED) is 0.234. The van der Waals surface area contributed by atoms with E-state index >= 15 is 0 Å². The van der Waals surface area contributed by atoms with Gasteiger partial charge < -0.3 is 24.4 Å². The van der Waals surface area contributed by atoms with Crippen LogP contribution in [0.3, 0.4) is 0 Å². The molecule has 4 rings (SSSR count). The summed E-state index contributed by atoms with van der Waals surface area (Å²) in [6, 6.07) is 13.8. The number of carbonyl (C=O) groups excluding carboxylic acids is 3. The van der Waals surface area contributed by atoms with E-state index in [0.717, 1.165) is 6.42 Å². The number of benzene rings is 2. The first kappa shape index (κ1) is 25.4. The summed E-state index contributed by atoms with van der Waals surface area (Å²) in [4.78, 5) is 44.1. The van der Waals surface area contributed by atoms with E-state index in [1.165, 1.54) is 4.90 Å². The summed E-state index contributed by atoms with van der Waals surface area (Å²) in [6.45, 7) is 5.41. The van der Waals surface area contributed by atoms with Crippen LogP contribution in [0.4, 0.5) is 5.69 Å². The van der Waals surface area contributed by atoms with Crippen molar-refractivity contribution < 1.29 is 29.0 Å². The number of methoxy groups -OCH3 is 1. The Hall–Kier alpha value is -3.65. The predicted octanol–water partition coefficient (Wildman–Crippen LogP) is 3.84. The number of Topliss-reactive ketones (excluding diaryl/α,β-unsaturated/α-hetero) is 1. The Morgan fingerprint density at radius 3 is 2.33 bits per heavy atom. The minimum absolute atomic E-state index is 0.124. The van der Waals surface area contributed by atoms with Gasteiger partial charge in [-0.1, -0.05) is 32.0 Å². The highest BCUT2D eigenvalue weighted by Crippen LogP contribution is 2.53. The third-order valence-corrected chi connectivity index (χ3v) is 6.59. The summed E-state index contributed by atoms with van der Waals surface area (Å²) < 4.78 is 10.8. The van der Waals surface area contributed by atoms with E-state index in [0.29, 0.717) is 55.2 Å². The van der Waals surface area contributed by atoms with Gasteiger partial charge in [-0.25, -0.2) is 0 Å². The first-order chi connectivity index (χ1) is 17.4. The number of hydrogen-bond acceptors (Lipinski definition) is 6. The number of ketones is 1. The first-order valence-electron chi connectivity index (χ1n) is 12.4. The molecule has 1 spiro atoms. The molecule has 2 aliphatic heterocycles. The van der Waals surface area contributed by atoms with Gasteiger partial charge in [0.25, 0.3) is 17.6 Å². The maximum atomic E-state index is 14.2. The molecule has 0 radical (unpaired) electrons. The van der Waals surface area contributed by atoms with Crippen LogP contribution in [-0.4, -0.2) is 61.0 Å². The number of ether oxygens (including phenoxy) is 2. The second-order valence-corrected chi connectivity index (χ2v) is 8.91. The summed E-state index contributed by atoms with van der Waals surface area (Å²) >= 11 is 0. The molecule has 2 aliphatic rings. The molecule has 2 aromatic carbocycles. The molecule has 2 aromatic rings. The normalized spacial score (nSPS) is 20.5. The van der Waals surface area contributed by atoms with Crippen LogP contribution in [0.2, 0.25) is 0 Å². The van der Waals surface area contributed by atoms with Crippen LogP contribution in [0.25, 0.3) is 5.76 Å². The summed E-state index contributed by atoms with van der Waals surface area (Å²) in [5, 5.41) is 11.5. The summed E-state index contributed by atoms with van der Waals surface area (Å²) in [7, 11) is 1.55. The number of aliphatic hydroxyl groups is 1. The fourth-order valence-electron chi connectivity index (χ4n) is 5.05. The molecule has 1 saturated heterocycles. The Balaban J connectivity index is 1.93. The molecule has 8 nitrogen and oxygen atoms in total. The van der Waals surface area contributed by atoms with Gasteiger partial charge >= 0.3 is 0 Å². The van der Waals surface area contributed by atoms with Gasteiger partial charge in [-0.15, -0.1) is 0 Å². The van der Waals surface area contributed by atoms with Crippen molar-refractivity contribution in [1.82, 2.24) is 4.90 Å². The number of aliphatic hydroxyl groups excluding tert-OH is 1. The number of nitrogens with zero attached hydrogens (tertiary/aromatic N) is 2. The van der Waals surface area contributed by atoms with Crippen LogP contribution in [0.5, 0.6) is 5.75 Å². The van der Waals surface area contributed by atoms with Crippen molar-refractivity contribution in [1.29, 1.82) is 0 Å². The molecule has 1 atom stereocenters. The number of fused-ring (bicyclic) bond motifs is 2. The maximum absolute atomic E-state index is 14.2. The zero-order chi connectivity index (χ0) is 25.9. The number of carbonyl (C=O) groups is 3. The number of rotatable bonds is 10. The lowest BCUT2D eigenvalue weighted by atomic mass is 9.82. The van der Waals surface area contributed by atoms with Gasteiger partial charge in [0.15, 0.2) is 5.54 Å². The van der Waals surface area contributed by atoms with E-state index in [-0.39, 0.29) is 17.9 Å². The van der Waals surface area contributed by atoms with Crippen molar-refractivity contribution in [2.75, 3.05) is 38.3 Å². The molecular formula is C28H32N2O6. The molecule has 36 heavy (non-hydrogen) atoms. The molecule has 1 unspecified atom stereocenters. The van der Waals surface area contributed by atoms with Crippen molar-refractivity contribution in [2.45, 2.75) is 38.6 Å². The standard InChI is InChI=1S/C28H32N2O6/c1-4-15-29-22-10-7-6-9-21(22)28(27(29)34)23(25(32)26(33)30(28)16-8-18-35-3)24(31)19-11-13-20(14-12-19)36-17-5-2/h6-7,9-14,31H,4-5,8,15-18H2,1-3H3/b24-23-. The molecule has 0 bridgehead atoms. The van der Waals surface area contributed by atoms with Crippen LogP contribution >= 0.6 is 0 Å². The van der Waals surface area contributed by atoms with Crippen LogP contribution in [0.15, 0.2) is 54.1 Å². The van der Waals surface area contributed by atoms with E-state index in [1.54, 1.807) is 48.4 Å². The molecule has 0 saturated carbocycles. The van der Waals surface area contributed by atoms with Crippen molar-refractivity contribution in [3.8, 4) is 5.75 Å². The number of para-hydroxylation sites is 1. The van der Waals surface area contributed by atoms with Gasteiger partial charge in [0.05, 0.1) is 17.9 Å². The smallest absolute Gasteiger partial charge is 0.296 e. The molecule has 8 heteroatoms. The molecular weight excluding hydrogens is 460 g/mol. The van der Waals surface area contributed by atoms with Gasteiger partial charge in [-0.3, -0.25) is 14.4 Å². The topological polar surface area (TPSA) is 96.4 Å². The van der Waals surface area contributed by atoms with Gasteiger partial charge in [0, 0.05) is 37.9 Å². The van der Waals surface area contributed by atoms with Crippen molar-refractivity contribution in [3.63, 3.8) is 0 Å². The van der Waals surface area contributed by atoms with Crippen LogP contribution < -0.4 is 9.64 Å². The van der Waals surface area contributed by atoms with Crippen LogP contribution in [0.1, 0.15) is 44.2 Å². The molecule has 1 fully saturated rings. The Kier molecular flexibility index (Phi) is 7.45. The highest BCUT2D eigenvalue weighted by molar-refractivity contribution is 6.50. The molecule has 1 N–H and O–H groups in total. The molecule has 0 aromatic heterocycles. The Labute approximate surface area is 211 Å². The fraction of sp³-hybridized carbons (Fsp3) is 0.393. The van der Waals surface area contributed by atoms with Crippen LogP contribution in [-0.2, 0) is 24.7 Å². The average molecular weight is 493 g/mol. The van der Waals surface area contributed by atoms with E-state index in [2.05, 4.69) is 0 Å². The predicted molar refractivity (Wildman–Crippen MR) is 136 cm³/mol. The first-order valence-corrected chi connectivity index (χ1v) is 12.4. The monoisotopic (exact) mass is 492 g/mol. The second-order valence-electron chi connectivity index (χ2n) is 8.91. The maximum Gasteiger partial charge on any atom is 0.296 e. The minimum atomic E-state index is -1.74. The SMILES string of the molecule is CCCOc1ccc(/C(O)=C2\C(=O)C(=O)N(CCCOC)C23C(=O)N(CCC)c2ccccc23)cc1. The zero-order valence-electron chi connectivity index (χ0n) is 21.0. The Morgan fingerprint density at radius 1 is 0.944 bits per heavy atom. The van der Waals surface area contributed by atoms with E-state index in [4.69, 9.17) is 9.47 Å². The van der Waals surface area contributed by atoms with Gasteiger partial charge in [0.2, 0.25) is 0 Å². The zero-order valence-corrected chi connectivity index (χ0v) is 21.0. The molecule has 190 valence electrons. The van der Waals surface area contributed by atoms with Crippen molar-refractivity contribution >= 4 is 29.0 Å². The van der Waals surface area contributed by atoms with Crippen LogP contribution in [0, 0.1) is 0 Å². The second kappa shape index (κ2) is 10.5. The minimum Gasteiger partial charge on any atom is -0.507 e. The third-order valence-electron chi connectivity index (χ3n) is 6.59. The highest BCUT2D eigenvalue weighted by Gasteiger charge is 2.66. The Morgan fingerprint density at radius 2 is 1.67 bits per heavy atom. The lowest BCUT2D eigenvalue weighted by molar-refractivity contribution is -0.143. The molecule has 0 aliphatic carbocycles. The van der Waals surface area contributed by atoms with Gasteiger partial charge in [-0.2, -0.15) is 0 Å². The number of likely N-dealkylation sites (tertiary alicyclic amines) is 1. The molecule has 2 heterocycles. The van der Waals surface area contributed by atoms with E-state index < -0.39 is 23.1 Å². The van der Waals surface area contributed by atoms with E-state index in [9.17, 15) is 19.5 Å². The fourth-order valence-corrected chi connectivity index (χ4v) is 5.05. The number of amides is 2.